The standard InChI is InChI=1S/C17H27NO2/c1-12-6-5-7-16(13(12)2)18-11-14-10-15(19-3)8-9-17(14)20-4/h8-10,12-13,16,18H,5-7,11H2,1-4H3. The van der Waals surface area contributed by atoms with Gasteiger partial charge >= 0.3 is 0 Å². The second-order valence-corrected chi connectivity index (χ2v) is 5.93. The van der Waals surface area contributed by atoms with Gasteiger partial charge in [0.15, 0.2) is 0 Å². The van der Waals surface area contributed by atoms with Crippen LogP contribution in [0, 0.1) is 11.8 Å². The first-order chi connectivity index (χ1) is 9.65. The number of hydrogen-bond acceptors (Lipinski definition) is 3. The average molecular weight is 277 g/mol. The number of benzene rings is 1. The van der Waals surface area contributed by atoms with Gasteiger partial charge in [-0.15, -0.1) is 0 Å². The summed E-state index contributed by atoms with van der Waals surface area (Å²) in [6, 6.07) is 6.58. The van der Waals surface area contributed by atoms with Crippen LogP contribution in [0.2, 0.25) is 0 Å². The lowest BCUT2D eigenvalue weighted by molar-refractivity contribution is 0.205. The van der Waals surface area contributed by atoms with Crippen molar-refractivity contribution >= 4 is 0 Å². The molecule has 0 aliphatic heterocycles. The van der Waals surface area contributed by atoms with Crippen LogP contribution in [0.15, 0.2) is 18.2 Å². The Labute approximate surface area is 122 Å². The third-order valence-electron chi connectivity index (χ3n) is 4.75. The number of ether oxygens (including phenoxy) is 2. The van der Waals surface area contributed by atoms with Crippen LogP contribution >= 0.6 is 0 Å². The van der Waals surface area contributed by atoms with Crippen molar-refractivity contribution in [1.29, 1.82) is 0 Å². The van der Waals surface area contributed by atoms with E-state index in [1.165, 1.54) is 19.3 Å². The lowest BCUT2D eigenvalue weighted by Gasteiger charge is -2.35. The number of hydrogen-bond donors (Lipinski definition) is 1. The Hall–Kier alpha value is -1.22. The lowest BCUT2D eigenvalue weighted by Crippen LogP contribution is -2.40. The molecule has 0 saturated heterocycles. The molecule has 0 spiro atoms. The van der Waals surface area contributed by atoms with E-state index in [1.54, 1.807) is 14.2 Å². The van der Waals surface area contributed by atoms with Gasteiger partial charge in [-0.1, -0.05) is 26.7 Å². The van der Waals surface area contributed by atoms with Crippen molar-refractivity contribution in [2.75, 3.05) is 14.2 Å². The van der Waals surface area contributed by atoms with Gasteiger partial charge in [0.2, 0.25) is 0 Å². The van der Waals surface area contributed by atoms with E-state index in [-0.39, 0.29) is 0 Å². The van der Waals surface area contributed by atoms with Gasteiger partial charge < -0.3 is 14.8 Å². The molecule has 1 fully saturated rings. The maximum atomic E-state index is 5.44. The van der Waals surface area contributed by atoms with Gasteiger partial charge in [-0.2, -0.15) is 0 Å². The summed E-state index contributed by atoms with van der Waals surface area (Å²) in [5, 5.41) is 3.71. The number of methoxy groups -OCH3 is 2. The van der Waals surface area contributed by atoms with Crippen molar-refractivity contribution in [1.82, 2.24) is 5.32 Å². The third kappa shape index (κ3) is 3.45. The molecule has 1 saturated carbocycles. The van der Waals surface area contributed by atoms with Gasteiger partial charge in [-0.3, -0.25) is 0 Å². The van der Waals surface area contributed by atoms with Gasteiger partial charge in [-0.05, 0) is 36.5 Å². The molecule has 20 heavy (non-hydrogen) atoms. The zero-order valence-corrected chi connectivity index (χ0v) is 13.1. The van der Waals surface area contributed by atoms with Crippen molar-refractivity contribution < 1.29 is 9.47 Å². The molecule has 0 amide bonds. The maximum Gasteiger partial charge on any atom is 0.123 e. The third-order valence-corrected chi connectivity index (χ3v) is 4.75. The van der Waals surface area contributed by atoms with Crippen LogP contribution in [0.5, 0.6) is 11.5 Å². The summed E-state index contributed by atoms with van der Waals surface area (Å²) < 4.78 is 10.7. The molecule has 112 valence electrons. The summed E-state index contributed by atoms with van der Waals surface area (Å²) in [6.07, 6.45) is 3.97. The normalized spacial score (nSPS) is 26.3. The Kier molecular flexibility index (Phi) is 5.30. The Balaban J connectivity index is 2.02. The molecule has 3 atom stereocenters. The van der Waals surface area contributed by atoms with Crippen LogP contribution in [0.25, 0.3) is 0 Å². The van der Waals surface area contributed by atoms with Crippen LogP contribution in [0.4, 0.5) is 0 Å². The molecule has 1 aliphatic rings. The monoisotopic (exact) mass is 277 g/mol. The first-order valence-corrected chi connectivity index (χ1v) is 7.60. The highest BCUT2D eigenvalue weighted by Crippen LogP contribution is 2.30. The predicted octanol–water partition coefficient (Wildman–Crippen LogP) is 3.62. The summed E-state index contributed by atoms with van der Waals surface area (Å²) in [7, 11) is 3.42. The topological polar surface area (TPSA) is 30.5 Å². The molecule has 1 N–H and O–H groups in total. The van der Waals surface area contributed by atoms with Crippen molar-refractivity contribution in [3.63, 3.8) is 0 Å². The fourth-order valence-electron chi connectivity index (χ4n) is 3.13. The van der Waals surface area contributed by atoms with Gasteiger partial charge in [0, 0.05) is 18.2 Å². The van der Waals surface area contributed by atoms with E-state index >= 15 is 0 Å². The highest BCUT2D eigenvalue weighted by molar-refractivity contribution is 5.40. The summed E-state index contributed by atoms with van der Waals surface area (Å²) in [5.74, 6) is 3.36. The second kappa shape index (κ2) is 6.98. The van der Waals surface area contributed by atoms with Gasteiger partial charge in [0.05, 0.1) is 14.2 Å². The zero-order chi connectivity index (χ0) is 14.5. The van der Waals surface area contributed by atoms with Crippen LogP contribution in [-0.2, 0) is 6.54 Å². The Bertz CT molecular complexity index is 433. The quantitative estimate of drug-likeness (QED) is 0.891. The van der Waals surface area contributed by atoms with Crippen LogP contribution < -0.4 is 14.8 Å². The van der Waals surface area contributed by atoms with E-state index in [1.807, 2.05) is 12.1 Å². The minimum Gasteiger partial charge on any atom is -0.497 e. The first kappa shape index (κ1) is 15.2. The van der Waals surface area contributed by atoms with Crippen molar-refractivity contribution in [2.24, 2.45) is 11.8 Å². The first-order valence-electron chi connectivity index (χ1n) is 7.60. The smallest absolute Gasteiger partial charge is 0.123 e. The summed E-state index contributed by atoms with van der Waals surface area (Å²) in [5.41, 5.74) is 1.16. The largest absolute Gasteiger partial charge is 0.497 e. The SMILES string of the molecule is COc1ccc(OC)c(CNC2CCCC(C)C2C)c1. The number of nitrogens with one attached hydrogen (secondary N) is 1. The minimum atomic E-state index is 0.606. The molecule has 1 aliphatic carbocycles. The van der Waals surface area contributed by atoms with Crippen LogP contribution in [0.3, 0.4) is 0 Å². The zero-order valence-electron chi connectivity index (χ0n) is 13.1. The van der Waals surface area contributed by atoms with E-state index in [4.69, 9.17) is 9.47 Å². The van der Waals surface area contributed by atoms with Gasteiger partial charge in [-0.25, -0.2) is 0 Å². The number of rotatable bonds is 5. The van der Waals surface area contributed by atoms with E-state index in [9.17, 15) is 0 Å². The highest BCUT2D eigenvalue weighted by atomic mass is 16.5. The molecule has 1 aromatic rings. The van der Waals surface area contributed by atoms with E-state index in [0.717, 1.165) is 35.4 Å². The fraction of sp³-hybridized carbons (Fsp3) is 0.647. The molecule has 0 aromatic heterocycles. The summed E-state index contributed by atoms with van der Waals surface area (Å²) in [4.78, 5) is 0. The van der Waals surface area contributed by atoms with Crippen LogP contribution in [-0.4, -0.2) is 20.3 Å². The maximum absolute atomic E-state index is 5.44. The molecular weight excluding hydrogens is 250 g/mol. The molecule has 0 bridgehead atoms. The highest BCUT2D eigenvalue weighted by Gasteiger charge is 2.26. The van der Waals surface area contributed by atoms with Crippen molar-refractivity contribution in [3.05, 3.63) is 23.8 Å². The predicted molar refractivity (Wildman–Crippen MR) is 82.4 cm³/mol. The Morgan fingerprint density at radius 1 is 1.15 bits per heavy atom. The average Bonchev–Trinajstić information content (AvgIpc) is 2.48. The summed E-state index contributed by atoms with van der Waals surface area (Å²) >= 11 is 0. The molecule has 3 unspecified atom stereocenters. The van der Waals surface area contributed by atoms with Crippen molar-refractivity contribution in [2.45, 2.75) is 45.7 Å². The van der Waals surface area contributed by atoms with Crippen LogP contribution in [0.1, 0.15) is 38.7 Å². The Morgan fingerprint density at radius 3 is 2.65 bits per heavy atom. The van der Waals surface area contributed by atoms with E-state index < -0.39 is 0 Å². The molecular formula is C17H27NO2. The van der Waals surface area contributed by atoms with Crippen molar-refractivity contribution in [3.8, 4) is 11.5 Å². The van der Waals surface area contributed by atoms with E-state index in [0.29, 0.717) is 6.04 Å². The molecule has 3 heteroatoms. The van der Waals surface area contributed by atoms with Gasteiger partial charge in [0.25, 0.3) is 0 Å². The molecule has 0 heterocycles. The fourth-order valence-corrected chi connectivity index (χ4v) is 3.13. The minimum absolute atomic E-state index is 0.606. The molecule has 2 rings (SSSR count). The summed E-state index contributed by atoms with van der Waals surface area (Å²) in [6.45, 7) is 5.57. The van der Waals surface area contributed by atoms with E-state index in [2.05, 4.69) is 25.2 Å². The second-order valence-electron chi connectivity index (χ2n) is 5.93. The van der Waals surface area contributed by atoms with Gasteiger partial charge in [0.1, 0.15) is 11.5 Å². The molecule has 1 aromatic carbocycles. The molecule has 0 radical (unpaired) electrons. The lowest BCUT2D eigenvalue weighted by atomic mass is 9.78. The molecule has 3 nitrogen and oxygen atoms in total. The Morgan fingerprint density at radius 2 is 1.95 bits per heavy atom.